The van der Waals surface area contributed by atoms with Gasteiger partial charge in [0.05, 0.1) is 20.5 Å². The highest BCUT2D eigenvalue weighted by atomic mass is 31.2. The number of rotatable bonds is 3. The van der Waals surface area contributed by atoms with E-state index in [1.165, 1.54) is 0 Å². The average molecular weight is 256 g/mol. The Morgan fingerprint density at radius 3 is 2.31 bits per heavy atom. The quantitative estimate of drug-likeness (QED) is 0.370. The van der Waals surface area contributed by atoms with E-state index in [1.807, 2.05) is 0 Å². The molecule has 0 heterocycles. The van der Waals surface area contributed by atoms with Gasteiger partial charge in [0.1, 0.15) is 18.2 Å². The summed E-state index contributed by atoms with van der Waals surface area (Å²) in [4.78, 5) is 20.5. The molecule has 0 unspecified atom stereocenters. The normalized spacial score (nSPS) is 41.0. The number of hydrogen-bond donors (Lipinski definition) is 4. The first-order chi connectivity index (χ1) is 7.22. The first-order valence-electron chi connectivity index (χ1n) is 4.76. The second-order valence-corrected chi connectivity index (χ2v) is 5.12. The van der Waals surface area contributed by atoms with E-state index in [0.717, 1.165) is 0 Å². The van der Waals surface area contributed by atoms with Crippen LogP contribution in [0.1, 0.15) is 6.42 Å². The van der Waals surface area contributed by atoms with E-state index in [9.17, 15) is 29.7 Å². The van der Waals surface area contributed by atoms with Crippen LogP contribution in [0.5, 0.6) is 0 Å². The molecule has 16 heavy (non-hydrogen) atoms. The summed E-state index contributed by atoms with van der Waals surface area (Å²) in [6.45, 7) is -0.513. The van der Waals surface area contributed by atoms with E-state index in [0.29, 0.717) is 0 Å². The lowest BCUT2D eigenvalue weighted by molar-refractivity contribution is -0.455. The zero-order valence-electron chi connectivity index (χ0n) is 8.43. The van der Waals surface area contributed by atoms with Gasteiger partial charge in [0, 0.05) is 12.3 Å². The predicted molar refractivity (Wildman–Crippen MR) is 46.4 cm³/mol. The van der Waals surface area contributed by atoms with Crippen molar-refractivity contribution in [3.05, 3.63) is 0 Å². The van der Waals surface area contributed by atoms with E-state index in [1.54, 1.807) is 0 Å². The molecule has 0 aromatic rings. The highest BCUT2D eigenvalue weighted by molar-refractivity contribution is 7.43. The molecule has 1 fully saturated rings. The van der Waals surface area contributed by atoms with Gasteiger partial charge in [-0.3, -0.25) is 0 Å². The van der Waals surface area contributed by atoms with Gasteiger partial charge in [-0.2, -0.15) is 0 Å². The van der Waals surface area contributed by atoms with Crippen LogP contribution < -0.4 is 15.5 Å². The molecular weight excluding hydrogens is 241 g/mol. The van der Waals surface area contributed by atoms with Crippen LogP contribution in [0.15, 0.2) is 0 Å². The van der Waals surface area contributed by atoms with Gasteiger partial charge < -0.3 is 39.9 Å². The summed E-state index contributed by atoms with van der Waals surface area (Å²) in [5.74, 6) is -0.739. The Balaban J connectivity index is 2.57. The summed E-state index contributed by atoms with van der Waals surface area (Å²) < 4.78 is 14.3. The highest BCUT2D eigenvalue weighted by Crippen LogP contribution is 2.30. The van der Waals surface area contributed by atoms with Crippen molar-refractivity contribution in [3.63, 3.8) is 0 Å². The first kappa shape index (κ1) is 14.0. The van der Waals surface area contributed by atoms with E-state index >= 15 is 0 Å². The van der Waals surface area contributed by atoms with E-state index < -0.39 is 44.7 Å². The Morgan fingerprint density at radius 2 is 1.81 bits per heavy atom. The van der Waals surface area contributed by atoms with E-state index in [2.05, 4.69) is 10.3 Å². The molecule has 1 saturated carbocycles. The second-order valence-electron chi connectivity index (χ2n) is 3.97. The molecule has 1 aliphatic rings. The Morgan fingerprint density at radius 1 is 1.25 bits per heavy atom. The van der Waals surface area contributed by atoms with E-state index in [4.69, 9.17) is 0 Å². The maximum absolute atomic E-state index is 10.2. The van der Waals surface area contributed by atoms with Gasteiger partial charge in [0.25, 0.3) is 0 Å². The smallest absolute Gasteiger partial charge is 0.134 e. The minimum atomic E-state index is -5.09. The van der Waals surface area contributed by atoms with Crippen LogP contribution in [0.2, 0.25) is 0 Å². The van der Waals surface area contributed by atoms with Crippen LogP contribution in [0.25, 0.3) is 0 Å². The maximum atomic E-state index is 10.2. The third-order valence-corrected chi connectivity index (χ3v) is 3.18. The molecule has 5 atom stereocenters. The van der Waals surface area contributed by atoms with E-state index in [-0.39, 0.29) is 6.42 Å². The fourth-order valence-corrected chi connectivity index (χ4v) is 2.16. The molecule has 0 radical (unpaired) electrons. The second kappa shape index (κ2) is 5.07. The Hall–Kier alpha value is -0.0500. The molecule has 0 bridgehead atoms. The average Bonchev–Trinajstić information content (AvgIpc) is 2.17. The molecule has 1 rings (SSSR count). The summed E-state index contributed by atoms with van der Waals surface area (Å²) >= 11 is 0. The topological polar surface area (TPSA) is 161 Å². The van der Waals surface area contributed by atoms with Crippen molar-refractivity contribution >= 4 is 7.82 Å². The lowest BCUT2D eigenvalue weighted by Gasteiger charge is -2.39. The van der Waals surface area contributed by atoms with Gasteiger partial charge >= 0.3 is 0 Å². The van der Waals surface area contributed by atoms with Crippen molar-refractivity contribution in [1.82, 2.24) is 0 Å². The van der Waals surface area contributed by atoms with Gasteiger partial charge in [-0.25, -0.2) is 0 Å². The predicted octanol–water partition coefficient (Wildman–Crippen LogP) is -4.46. The fourth-order valence-electron chi connectivity index (χ4n) is 1.78. The summed E-state index contributed by atoms with van der Waals surface area (Å²) in [6, 6.07) is -0.551. The lowest BCUT2D eigenvalue weighted by Crippen LogP contribution is -2.73. The third kappa shape index (κ3) is 3.47. The van der Waals surface area contributed by atoms with Gasteiger partial charge in [-0.15, -0.1) is 0 Å². The summed E-state index contributed by atoms with van der Waals surface area (Å²) in [7, 11) is -5.09. The van der Waals surface area contributed by atoms with Crippen molar-refractivity contribution in [2.75, 3.05) is 6.61 Å². The van der Waals surface area contributed by atoms with Crippen LogP contribution in [-0.2, 0) is 9.09 Å². The molecule has 0 saturated heterocycles. The van der Waals surface area contributed by atoms with Gasteiger partial charge in [-0.05, 0) is 0 Å². The maximum Gasteiger partial charge on any atom is 0.134 e. The molecule has 0 amide bonds. The molecule has 1 aliphatic carbocycles. The standard InChI is InChI=1S/C7H16NO7P/c8-4-1-3(2-15-16(12,13)14)5(9)7(11)6(4)10/h3-7,9-11H,1-2,8H2,(H2,12,13,14)/p-1/t3-,4+,5-,6+,7+/m1/s1. The molecular formula is C7H15NO7P-. The van der Waals surface area contributed by atoms with Crippen molar-refractivity contribution in [2.24, 2.45) is 5.92 Å². The molecule has 0 aromatic carbocycles. The Bertz CT molecular complexity index is 282. The zero-order valence-corrected chi connectivity index (χ0v) is 9.32. The molecule has 8 nitrogen and oxygen atoms in total. The number of aliphatic hydroxyl groups is 3. The first-order valence-corrected chi connectivity index (χ1v) is 6.22. The van der Waals surface area contributed by atoms with Crippen molar-refractivity contribution < 1.29 is 39.9 Å². The SMILES string of the molecule is [NH3+][C@H]1C[C@H](COP(=O)([O-])[O-])[C@@H](O)[C@H](O)[C@H]1O. The number of quaternary nitrogens is 1. The molecule has 0 aliphatic heterocycles. The van der Waals surface area contributed by atoms with Crippen LogP contribution in [0.3, 0.4) is 0 Å². The number of aliphatic hydroxyl groups excluding tert-OH is 3. The summed E-state index contributed by atoms with van der Waals surface area (Å²) in [5.41, 5.74) is 3.56. The van der Waals surface area contributed by atoms with Crippen molar-refractivity contribution in [2.45, 2.75) is 30.8 Å². The Kier molecular flexibility index (Phi) is 4.44. The van der Waals surface area contributed by atoms with Gasteiger partial charge in [0.15, 0.2) is 0 Å². The molecule has 0 spiro atoms. The minimum Gasteiger partial charge on any atom is -0.790 e. The molecule has 0 aromatic heterocycles. The largest absolute Gasteiger partial charge is 0.790 e. The number of phosphoric acid groups is 1. The van der Waals surface area contributed by atoms with Gasteiger partial charge in [-0.1, -0.05) is 0 Å². The molecule has 96 valence electrons. The van der Waals surface area contributed by atoms with Crippen LogP contribution in [0, 0.1) is 5.92 Å². The van der Waals surface area contributed by atoms with Crippen LogP contribution in [-0.4, -0.2) is 46.3 Å². The van der Waals surface area contributed by atoms with Gasteiger partial charge in [0.2, 0.25) is 0 Å². The van der Waals surface area contributed by atoms with Crippen molar-refractivity contribution in [3.8, 4) is 0 Å². The lowest BCUT2D eigenvalue weighted by atomic mass is 9.80. The summed E-state index contributed by atoms with van der Waals surface area (Å²) in [5, 5.41) is 28.3. The highest BCUT2D eigenvalue weighted by Gasteiger charge is 2.43. The molecule has 6 N–H and O–H groups in total. The van der Waals surface area contributed by atoms with Crippen molar-refractivity contribution in [1.29, 1.82) is 0 Å². The zero-order chi connectivity index (χ0) is 12.5. The van der Waals surface area contributed by atoms with Crippen LogP contribution in [0.4, 0.5) is 0 Å². The summed E-state index contributed by atoms with van der Waals surface area (Å²) in [6.07, 6.45) is -3.75. The molecule has 9 heteroatoms. The van der Waals surface area contributed by atoms with Crippen LogP contribution >= 0.6 is 7.82 Å². The minimum absolute atomic E-state index is 0.166. The third-order valence-electron chi connectivity index (χ3n) is 2.72. The number of phosphoric ester groups is 1. The number of hydrogen-bond acceptors (Lipinski definition) is 7. The fraction of sp³-hybridized carbons (Fsp3) is 1.00. The monoisotopic (exact) mass is 256 g/mol. The Labute approximate surface area is 91.9 Å².